The molecule has 0 aliphatic carbocycles. The zero-order chi connectivity index (χ0) is 14.8. The standard InChI is InChI=1S/C17H18BrFN2/c18-15-8-13(6-7-16(15)19)14-10-21(11-17(14)20)9-12-4-2-1-3-5-12/h1-8,14,17H,9-11,20H2. The van der Waals surface area contributed by atoms with Crippen LogP contribution in [-0.4, -0.2) is 24.0 Å². The second-order valence-corrected chi connectivity index (χ2v) is 6.48. The van der Waals surface area contributed by atoms with Crippen LogP contribution >= 0.6 is 15.9 Å². The summed E-state index contributed by atoms with van der Waals surface area (Å²) in [4.78, 5) is 2.36. The average Bonchev–Trinajstić information content (AvgIpc) is 2.84. The number of benzene rings is 2. The molecule has 0 amide bonds. The molecule has 1 aliphatic rings. The van der Waals surface area contributed by atoms with Crippen LogP contribution in [0.15, 0.2) is 53.0 Å². The van der Waals surface area contributed by atoms with Crippen molar-refractivity contribution in [3.8, 4) is 0 Å². The Bertz CT molecular complexity index is 617. The summed E-state index contributed by atoms with van der Waals surface area (Å²) in [5, 5.41) is 0. The van der Waals surface area contributed by atoms with Crippen LogP contribution in [0.25, 0.3) is 0 Å². The lowest BCUT2D eigenvalue weighted by Crippen LogP contribution is -2.28. The Morgan fingerprint density at radius 2 is 1.90 bits per heavy atom. The molecule has 110 valence electrons. The van der Waals surface area contributed by atoms with E-state index in [1.807, 2.05) is 18.2 Å². The van der Waals surface area contributed by atoms with Gasteiger partial charge in [-0.1, -0.05) is 36.4 Å². The maximum Gasteiger partial charge on any atom is 0.137 e. The molecule has 21 heavy (non-hydrogen) atoms. The fraction of sp³-hybridized carbons (Fsp3) is 0.294. The summed E-state index contributed by atoms with van der Waals surface area (Å²) in [5.41, 5.74) is 8.69. The monoisotopic (exact) mass is 348 g/mol. The van der Waals surface area contributed by atoms with Gasteiger partial charge in [0.15, 0.2) is 0 Å². The van der Waals surface area contributed by atoms with E-state index in [9.17, 15) is 4.39 Å². The van der Waals surface area contributed by atoms with Gasteiger partial charge in [-0.05, 0) is 39.2 Å². The Morgan fingerprint density at radius 1 is 1.14 bits per heavy atom. The number of nitrogens with two attached hydrogens (primary N) is 1. The fourth-order valence-electron chi connectivity index (χ4n) is 2.98. The molecule has 0 bridgehead atoms. The molecular weight excluding hydrogens is 331 g/mol. The van der Waals surface area contributed by atoms with Crippen molar-refractivity contribution in [2.45, 2.75) is 18.5 Å². The van der Waals surface area contributed by atoms with Crippen LogP contribution in [0.5, 0.6) is 0 Å². The van der Waals surface area contributed by atoms with Crippen LogP contribution in [0.3, 0.4) is 0 Å². The van der Waals surface area contributed by atoms with Gasteiger partial charge in [0.1, 0.15) is 5.82 Å². The molecule has 3 rings (SSSR count). The first-order chi connectivity index (χ1) is 10.1. The van der Waals surface area contributed by atoms with Crippen LogP contribution in [0.4, 0.5) is 4.39 Å². The lowest BCUT2D eigenvalue weighted by atomic mass is 9.95. The van der Waals surface area contributed by atoms with Gasteiger partial charge < -0.3 is 5.73 Å². The van der Waals surface area contributed by atoms with Crippen LogP contribution in [0.2, 0.25) is 0 Å². The molecule has 2 unspecified atom stereocenters. The third-order valence-corrected chi connectivity index (χ3v) is 4.67. The number of hydrogen-bond donors (Lipinski definition) is 1. The highest BCUT2D eigenvalue weighted by Gasteiger charge is 2.31. The smallest absolute Gasteiger partial charge is 0.137 e. The molecule has 2 N–H and O–H groups in total. The second kappa shape index (κ2) is 6.26. The van der Waals surface area contributed by atoms with E-state index in [0.717, 1.165) is 25.2 Å². The number of likely N-dealkylation sites (tertiary alicyclic amines) is 1. The van der Waals surface area contributed by atoms with Gasteiger partial charge in [0.25, 0.3) is 0 Å². The number of rotatable bonds is 3. The molecule has 0 aromatic heterocycles. The zero-order valence-corrected chi connectivity index (χ0v) is 13.3. The first kappa shape index (κ1) is 14.7. The molecule has 1 heterocycles. The molecule has 0 spiro atoms. The molecule has 2 atom stereocenters. The Morgan fingerprint density at radius 3 is 2.62 bits per heavy atom. The van der Waals surface area contributed by atoms with Gasteiger partial charge >= 0.3 is 0 Å². The lowest BCUT2D eigenvalue weighted by Gasteiger charge is -2.16. The van der Waals surface area contributed by atoms with E-state index >= 15 is 0 Å². The third-order valence-electron chi connectivity index (χ3n) is 4.06. The predicted octanol–water partition coefficient (Wildman–Crippen LogP) is 3.51. The summed E-state index contributed by atoms with van der Waals surface area (Å²) in [7, 11) is 0. The molecule has 1 fully saturated rings. The van der Waals surface area contributed by atoms with Gasteiger partial charge in [0.05, 0.1) is 4.47 Å². The molecule has 4 heteroatoms. The number of hydrogen-bond acceptors (Lipinski definition) is 2. The van der Waals surface area contributed by atoms with Gasteiger partial charge in [0.2, 0.25) is 0 Å². The van der Waals surface area contributed by atoms with E-state index in [1.165, 1.54) is 11.6 Å². The van der Waals surface area contributed by atoms with Gasteiger partial charge in [-0.15, -0.1) is 0 Å². The quantitative estimate of drug-likeness (QED) is 0.919. The maximum absolute atomic E-state index is 13.4. The summed E-state index contributed by atoms with van der Waals surface area (Å²) in [6, 6.07) is 15.7. The summed E-state index contributed by atoms with van der Waals surface area (Å²) in [6.07, 6.45) is 0. The zero-order valence-electron chi connectivity index (χ0n) is 11.7. The van der Waals surface area contributed by atoms with Crippen molar-refractivity contribution in [2.75, 3.05) is 13.1 Å². The van der Waals surface area contributed by atoms with E-state index in [4.69, 9.17) is 5.73 Å². The Hall–Kier alpha value is -1.23. The lowest BCUT2D eigenvalue weighted by molar-refractivity contribution is 0.324. The van der Waals surface area contributed by atoms with Crippen LogP contribution in [-0.2, 0) is 6.54 Å². The van der Waals surface area contributed by atoms with Crippen molar-refractivity contribution < 1.29 is 4.39 Å². The average molecular weight is 349 g/mol. The third kappa shape index (κ3) is 3.34. The summed E-state index contributed by atoms with van der Waals surface area (Å²) in [6.45, 7) is 2.69. The molecular formula is C17H18BrFN2. The number of halogens is 2. The Labute approximate surface area is 132 Å². The Balaban J connectivity index is 1.72. The summed E-state index contributed by atoms with van der Waals surface area (Å²) < 4.78 is 13.9. The first-order valence-corrected chi connectivity index (χ1v) is 7.89. The normalized spacial score (nSPS) is 22.6. The minimum atomic E-state index is -0.230. The van der Waals surface area contributed by atoms with E-state index in [1.54, 1.807) is 0 Å². The van der Waals surface area contributed by atoms with Crippen molar-refractivity contribution in [2.24, 2.45) is 5.73 Å². The fourth-order valence-corrected chi connectivity index (χ4v) is 3.38. The minimum absolute atomic E-state index is 0.0890. The van der Waals surface area contributed by atoms with Gasteiger partial charge in [0, 0.05) is 31.6 Å². The van der Waals surface area contributed by atoms with Crippen molar-refractivity contribution >= 4 is 15.9 Å². The first-order valence-electron chi connectivity index (χ1n) is 7.10. The highest BCUT2D eigenvalue weighted by molar-refractivity contribution is 9.10. The van der Waals surface area contributed by atoms with Crippen molar-refractivity contribution in [3.05, 3.63) is 69.9 Å². The molecule has 2 aromatic rings. The van der Waals surface area contributed by atoms with Crippen LogP contribution < -0.4 is 5.73 Å². The van der Waals surface area contributed by atoms with Crippen molar-refractivity contribution in [1.82, 2.24) is 4.90 Å². The molecule has 2 aromatic carbocycles. The summed E-state index contributed by atoms with van der Waals surface area (Å²) in [5.74, 6) is 0.0251. The van der Waals surface area contributed by atoms with Gasteiger partial charge in [-0.25, -0.2) is 4.39 Å². The summed E-state index contributed by atoms with van der Waals surface area (Å²) >= 11 is 3.25. The Kier molecular flexibility index (Phi) is 4.38. The molecule has 0 saturated carbocycles. The largest absolute Gasteiger partial charge is 0.326 e. The SMILES string of the molecule is NC1CN(Cc2ccccc2)CC1c1ccc(F)c(Br)c1. The topological polar surface area (TPSA) is 29.3 Å². The highest BCUT2D eigenvalue weighted by atomic mass is 79.9. The number of nitrogens with zero attached hydrogens (tertiary/aromatic N) is 1. The maximum atomic E-state index is 13.4. The minimum Gasteiger partial charge on any atom is -0.326 e. The van der Waals surface area contributed by atoms with E-state index in [0.29, 0.717) is 4.47 Å². The highest BCUT2D eigenvalue weighted by Crippen LogP contribution is 2.30. The van der Waals surface area contributed by atoms with Gasteiger partial charge in [-0.3, -0.25) is 4.90 Å². The molecule has 1 aliphatic heterocycles. The molecule has 0 radical (unpaired) electrons. The molecule has 1 saturated heterocycles. The predicted molar refractivity (Wildman–Crippen MR) is 86.5 cm³/mol. The van der Waals surface area contributed by atoms with Gasteiger partial charge in [-0.2, -0.15) is 0 Å². The van der Waals surface area contributed by atoms with Crippen LogP contribution in [0, 0.1) is 5.82 Å². The van der Waals surface area contributed by atoms with E-state index < -0.39 is 0 Å². The van der Waals surface area contributed by atoms with Crippen LogP contribution in [0.1, 0.15) is 17.0 Å². The van der Waals surface area contributed by atoms with Crippen molar-refractivity contribution in [3.63, 3.8) is 0 Å². The molecule has 2 nitrogen and oxygen atoms in total. The van der Waals surface area contributed by atoms with Crippen molar-refractivity contribution in [1.29, 1.82) is 0 Å². The van der Waals surface area contributed by atoms with E-state index in [-0.39, 0.29) is 17.8 Å². The second-order valence-electron chi connectivity index (χ2n) is 5.62. The van der Waals surface area contributed by atoms with E-state index in [2.05, 4.69) is 45.1 Å².